The summed E-state index contributed by atoms with van der Waals surface area (Å²) in [7, 11) is -7.53. The van der Waals surface area contributed by atoms with E-state index < -0.39 is 20.0 Å². The first-order chi connectivity index (χ1) is 14.5. The third-order valence-electron chi connectivity index (χ3n) is 4.37. The monoisotopic (exact) mass is 479 g/mol. The van der Waals surface area contributed by atoms with E-state index in [1.54, 1.807) is 25.1 Å². The first-order valence-corrected chi connectivity index (χ1v) is 12.9. The van der Waals surface area contributed by atoms with Gasteiger partial charge in [0.05, 0.1) is 11.4 Å². The van der Waals surface area contributed by atoms with E-state index in [1.165, 1.54) is 30.3 Å². The van der Waals surface area contributed by atoms with Gasteiger partial charge in [-0.05, 0) is 67.4 Å². The first-order valence-electron chi connectivity index (χ1n) is 9.05. The van der Waals surface area contributed by atoms with Crippen LogP contribution in [0.5, 0.6) is 0 Å². The van der Waals surface area contributed by atoms with Gasteiger partial charge >= 0.3 is 0 Å². The molecule has 0 bridgehead atoms. The summed E-state index contributed by atoms with van der Waals surface area (Å²) in [5.41, 5.74) is 2.12. The van der Waals surface area contributed by atoms with Gasteiger partial charge in [0.1, 0.15) is 4.21 Å². The normalized spacial score (nSPS) is 11.8. The lowest BCUT2D eigenvalue weighted by Gasteiger charge is -2.11. The van der Waals surface area contributed by atoms with Crippen molar-refractivity contribution in [1.82, 2.24) is 5.32 Å². The fraction of sp³-hybridized carbons (Fsp3) is 0.150. The molecule has 0 spiro atoms. The van der Waals surface area contributed by atoms with Gasteiger partial charge in [0.15, 0.2) is 0 Å². The van der Waals surface area contributed by atoms with Crippen LogP contribution in [0.2, 0.25) is 0 Å². The lowest BCUT2D eigenvalue weighted by molar-refractivity contribution is 0.0951. The highest BCUT2D eigenvalue weighted by molar-refractivity contribution is 7.92. The smallest absolute Gasteiger partial charge is 0.262 e. The fourth-order valence-corrected chi connectivity index (χ4v) is 5.88. The number of benzene rings is 2. The Kier molecular flexibility index (Phi) is 6.51. The number of sulfonamides is 2. The Morgan fingerprint density at radius 1 is 0.968 bits per heavy atom. The maximum absolute atomic E-state index is 12.7. The van der Waals surface area contributed by atoms with Crippen LogP contribution in [0.4, 0.5) is 5.69 Å². The predicted octanol–water partition coefficient (Wildman–Crippen LogP) is 2.74. The zero-order valence-electron chi connectivity index (χ0n) is 16.7. The predicted molar refractivity (Wildman–Crippen MR) is 120 cm³/mol. The number of carbonyl (C=O) groups is 1. The van der Waals surface area contributed by atoms with E-state index in [4.69, 9.17) is 5.14 Å². The molecule has 8 nitrogen and oxygen atoms in total. The minimum Gasteiger partial charge on any atom is -0.347 e. The number of hydrogen-bond acceptors (Lipinski definition) is 6. The topological polar surface area (TPSA) is 135 Å². The minimum atomic E-state index is -3.77. The summed E-state index contributed by atoms with van der Waals surface area (Å²) in [6, 6.07) is 14.2. The van der Waals surface area contributed by atoms with E-state index in [9.17, 15) is 21.6 Å². The second-order valence-corrected chi connectivity index (χ2v) is 11.5. The molecule has 0 fully saturated rings. The Morgan fingerprint density at radius 2 is 1.65 bits per heavy atom. The van der Waals surface area contributed by atoms with E-state index >= 15 is 0 Å². The van der Waals surface area contributed by atoms with Crippen molar-refractivity contribution in [2.75, 3.05) is 4.72 Å². The molecular formula is C20H21N3O5S3. The number of thiophene rings is 1. The number of primary sulfonamides is 1. The Balaban J connectivity index is 1.66. The highest BCUT2D eigenvalue weighted by Crippen LogP contribution is 2.22. The van der Waals surface area contributed by atoms with Gasteiger partial charge in [-0.15, -0.1) is 11.3 Å². The van der Waals surface area contributed by atoms with Gasteiger partial charge in [-0.3, -0.25) is 9.52 Å². The quantitative estimate of drug-likeness (QED) is 0.479. The second-order valence-electron chi connectivity index (χ2n) is 6.90. The molecule has 3 rings (SSSR count). The third kappa shape index (κ3) is 5.70. The minimum absolute atomic E-state index is 0.0252. The van der Waals surface area contributed by atoms with Gasteiger partial charge in [0.25, 0.3) is 15.9 Å². The Morgan fingerprint density at radius 3 is 2.26 bits per heavy atom. The van der Waals surface area contributed by atoms with E-state index in [-0.39, 0.29) is 21.6 Å². The van der Waals surface area contributed by atoms with Gasteiger partial charge in [0, 0.05) is 16.1 Å². The number of amides is 1. The van der Waals surface area contributed by atoms with Crippen molar-refractivity contribution in [2.45, 2.75) is 29.5 Å². The molecule has 0 unspecified atom stereocenters. The van der Waals surface area contributed by atoms with Crippen LogP contribution in [-0.2, 0) is 26.6 Å². The fourth-order valence-electron chi connectivity index (χ4n) is 2.77. The van der Waals surface area contributed by atoms with Crippen LogP contribution in [0.1, 0.15) is 26.4 Å². The molecule has 1 amide bonds. The number of aryl methyl sites for hydroxylation is 2. The number of nitrogens with one attached hydrogen (secondary N) is 2. The Labute approximate surface area is 185 Å². The van der Waals surface area contributed by atoms with Crippen LogP contribution in [0.3, 0.4) is 0 Å². The SMILES string of the molecule is Cc1ccc(C)c(S(=O)(=O)Nc2ccc(C(=O)NCc3ccc(S(N)(=O)=O)s3)cc2)c1. The van der Waals surface area contributed by atoms with Crippen molar-refractivity contribution in [2.24, 2.45) is 5.14 Å². The molecule has 1 heterocycles. The molecule has 3 aromatic rings. The van der Waals surface area contributed by atoms with E-state index in [0.717, 1.165) is 16.9 Å². The molecule has 0 aliphatic rings. The van der Waals surface area contributed by atoms with E-state index in [2.05, 4.69) is 10.0 Å². The van der Waals surface area contributed by atoms with Crippen LogP contribution in [0.25, 0.3) is 0 Å². The lowest BCUT2D eigenvalue weighted by atomic mass is 10.2. The van der Waals surface area contributed by atoms with Gasteiger partial charge in [-0.25, -0.2) is 22.0 Å². The van der Waals surface area contributed by atoms with E-state index in [0.29, 0.717) is 21.7 Å². The maximum atomic E-state index is 12.7. The average molecular weight is 480 g/mol. The van der Waals surface area contributed by atoms with Crippen molar-refractivity contribution in [1.29, 1.82) is 0 Å². The summed E-state index contributed by atoms with van der Waals surface area (Å²) in [5.74, 6) is -0.380. The van der Waals surface area contributed by atoms with Gasteiger partial charge in [-0.2, -0.15) is 0 Å². The summed E-state index contributed by atoms with van der Waals surface area (Å²) < 4.78 is 50.5. The molecule has 31 heavy (non-hydrogen) atoms. The van der Waals surface area contributed by atoms with Gasteiger partial charge < -0.3 is 5.32 Å². The Hall–Kier alpha value is -2.73. The number of nitrogens with two attached hydrogens (primary N) is 1. The molecule has 11 heteroatoms. The molecule has 0 aliphatic heterocycles. The van der Waals surface area contributed by atoms with Crippen molar-refractivity contribution in [3.8, 4) is 0 Å². The highest BCUT2D eigenvalue weighted by atomic mass is 32.2. The zero-order valence-corrected chi connectivity index (χ0v) is 19.2. The van der Waals surface area contributed by atoms with Crippen molar-refractivity contribution in [3.05, 3.63) is 76.2 Å². The average Bonchev–Trinajstić information content (AvgIpc) is 3.18. The molecule has 0 radical (unpaired) electrons. The van der Waals surface area contributed by atoms with E-state index in [1.807, 2.05) is 13.0 Å². The number of carbonyl (C=O) groups excluding carboxylic acids is 1. The van der Waals surface area contributed by atoms with Crippen LogP contribution in [-0.4, -0.2) is 22.7 Å². The number of hydrogen-bond donors (Lipinski definition) is 3. The molecule has 4 N–H and O–H groups in total. The van der Waals surface area contributed by atoms with Crippen LogP contribution in [0, 0.1) is 13.8 Å². The molecule has 2 aromatic carbocycles. The first kappa shape index (κ1) is 22.9. The molecule has 0 saturated carbocycles. The van der Waals surface area contributed by atoms with Crippen LogP contribution >= 0.6 is 11.3 Å². The molecule has 1 aromatic heterocycles. The lowest BCUT2D eigenvalue weighted by Crippen LogP contribution is -2.22. The number of anilines is 1. The summed E-state index contributed by atoms with van der Waals surface area (Å²) in [6.07, 6.45) is 0. The van der Waals surface area contributed by atoms with Gasteiger partial charge in [-0.1, -0.05) is 12.1 Å². The largest absolute Gasteiger partial charge is 0.347 e. The number of rotatable bonds is 7. The summed E-state index contributed by atoms with van der Waals surface area (Å²) in [4.78, 5) is 13.2. The zero-order chi connectivity index (χ0) is 22.8. The summed E-state index contributed by atoms with van der Waals surface area (Å²) in [5, 5.41) is 7.76. The van der Waals surface area contributed by atoms with Crippen LogP contribution in [0.15, 0.2) is 63.7 Å². The molecular weight excluding hydrogens is 458 g/mol. The third-order valence-corrected chi connectivity index (χ3v) is 8.42. The summed E-state index contributed by atoms with van der Waals surface area (Å²) in [6.45, 7) is 3.68. The molecule has 0 saturated heterocycles. The van der Waals surface area contributed by atoms with Crippen molar-refractivity contribution in [3.63, 3.8) is 0 Å². The second kappa shape index (κ2) is 8.79. The van der Waals surface area contributed by atoms with Crippen LogP contribution < -0.4 is 15.2 Å². The standard InChI is InChI=1S/C20H21N3O5S3/c1-13-3-4-14(2)18(11-13)31(27,28)23-16-7-5-15(6-8-16)20(24)22-12-17-9-10-19(29-17)30(21,25)26/h3-11,23H,12H2,1-2H3,(H,22,24)(H2,21,25,26). The molecule has 164 valence electrons. The Bertz CT molecular complexity index is 1330. The molecule has 0 atom stereocenters. The molecule has 0 aliphatic carbocycles. The van der Waals surface area contributed by atoms with Crippen molar-refractivity contribution < 1.29 is 21.6 Å². The summed E-state index contributed by atoms with van der Waals surface area (Å²) >= 11 is 0.981. The maximum Gasteiger partial charge on any atom is 0.262 e. The van der Waals surface area contributed by atoms with Crippen molar-refractivity contribution >= 4 is 43.0 Å². The highest BCUT2D eigenvalue weighted by Gasteiger charge is 2.17. The van der Waals surface area contributed by atoms with Gasteiger partial charge in [0.2, 0.25) is 10.0 Å².